The lowest BCUT2D eigenvalue weighted by atomic mass is 10.0. The van der Waals surface area contributed by atoms with Gasteiger partial charge in [0.05, 0.1) is 12.7 Å². The Hall–Kier alpha value is -0.790. The Morgan fingerprint density at radius 3 is 2.74 bits per heavy atom. The molecule has 0 aliphatic heterocycles. The molecule has 0 atom stereocenters. The van der Waals surface area contributed by atoms with E-state index in [2.05, 4.69) is 27.6 Å². The molecule has 0 unspecified atom stereocenters. The first-order valence-electron chi connectivity index (χ1n) is 8.77. The first-order chi connectivity index (χ1) is 10.8. The van der Waals surface area contributed by atoms with Gasteiger partial charge in [-0.3, -0.25) is 4.68 Å². The highest BCUT2D eigenvalue weighted by Gasteiger charge is 2.13. The number of aryl methyl sites for hydroxylation is 1. The molecule has 5 nitrogen and oxygen atoms in total. The van der Waals surface area contributed by atoms with Crippen molar-refractivity contribution >= 4 is 29.9 Å². The first-order valence-corrected chi connectivity index (χ1v) is 8.77. The number of guanidine groups is 1. The third-order valence-electron chi connectivity index (χ3n) is 4.33. The van der Waals surface area contributed by atoms with Crippen LogP contribution in [0.2, 0.25) is 0 Å². The number of rotatable bonds is 8. The highest BCUT2D eigenvalue weighted by molar-refractivity contribution is 14.0. The molecule has 1 aromatic rings. The van der Waals surface area contributed by atoms with Crippen LogP contribution in [0.4, 0.5) is 0 Å². The fourth-order valence-corrected chi connectivity index (χ4v) is 3.13. The summed E-state index contributed by atoms with van der Waals surface area (Å²) >= 11 is 0. The molecule has 2 rings (SSSR count). The van der Waals surface area contributed by atoms with E-state index in [0.717, 1.165) is 30.5 Å². The lowest BCUT2D eigenvalue weighted by Gasteiger charge is -2.12. The molecule has 0 amide bonds. The standard InChI is InChI=1S/C17H31N5.HI/c1-3-18-17(20-12-16-13-21-22(2)14-16)19-11-7-6-10-15-8-4-5-9-15;/h13-15H,3-12H2,1-2H3,(H2,18,19,20);1H. The monoisotopic (exact) mass is 433 g/mol. The van der Waals surface area contributed by atoms with E-state index in [4.69, 9.17) is 0 Å². The highest BCUT2D eigenvalue weighted by atomic mass is 127. The van der Waals surface area contributed by atoms with Gasteiger partial charge in [-0.05, 0) is 19.3 Å². The zero-order valence-electron chi connectivity index (χ0n) is 14.6. The topological polar surface area (TPSA) is 54.2 Å². The van der Waals surface area contributed by atoms with Gasteiger partial charge in [-0.1, -0.05) is 38.5 Å². The molecular formula is C17H32IN5. The number of aromatic nitrogens is 2. The van der Waals surface area contributed by atoms with Crippen LogP contribution < -0.4 is 10.6 Å². The van der Waals surface area contributed by atoms with Gasteiger partial charge in [-0.15, -0.1) is 24.0 Å². The van der Waals surface area contributed by atoms with Gasteiger partial charge < -0.3 is 10.6 Å². The molecule has 0 saturated heterocycles. The van der Waals surface area contributed by atoms with E-state index in [1.165, 1.54) is 44.9 Å². The molecule has 23 heavy (non-hydrogen) atoms. The van der Waals surface area contributed by atoms with Gasteiger partial charge in [0.25, 0.3) is 0 Å². The Bertz CT molecular complexity index is 452. The van der Waals surface area contributed by atoms with E-state index >= 15 is 0 Å². The number of halogens is 1. The van der Waals surface area contributed by atoms with Crippen LogP contribution in [-0.4, -0.2) is 28.8 Å². The van der Waals surface area contributed by atoms with Crippen molar-refractivity contribution < 1.29 is 0 Å². The lowest BCUT2D eigenvalue weighted by Crippen LogP contribution is -2.37. The Balaban J connectivity index is 0.00000264. The Morgan fingerprint density at radius 1 is 1.30 bits per heavy atom. The number of unbranched alkanes of at least 4 members (excludes halogenated alkanes) is 1. The minimum Gasteiger partial charge on any atom is -0.357 e. The molecule has 1 heterocycles. The van der Waals surface area contributed by atoms with E-state index in [0.29, 0.717) is 6.54 Å². The molecule has 1 aliphatic rings. The van der Waals surface area contributed by atoms with Gasteiger partial charge in [0.15, 0.2) is 5.96 Å². The van der Waals surface area contributed by atoms with Gasteiger partial charge >= 0.3 is 0 Å². The summed E-state index contributed by atoms with van der Waals surface area (Å²) in [5.74, 6) is 1.92. The third-order valence-corrected chi connectivity index (χ3v) is 4.33. The van der Waals surface area contributed by atoms with Crippen molar-refractivity contribution in [3.05, 3.63) is 18.0 Å². The SMILES string of the molecule is CCNC(=NCc1cnn(C)c1)NCCCCC1CCCC1.I. The molecule has 6 heteroatoms. The van der Waals surface area contributed by atoms with E-state index in [-0.39, 0.29) is 24.0 Å². The van der Waals surface area contributed by atoms with E-state index < -0.39 is 0 Å². The molecule has 1 saturated carbocycles. The molecule has 1 aromatic heterocycles. The molecule has 0 spiro atoms. The maximum atomic E-state index is 4.61. The summed E-state index contributed by atoms with van der Waals surface area (Å²) in [6.07, 6.45) is 13.7. The summed E-state index contributed by atoms with van der Waals surface area (Å²) in [6.45, 7) is 4.67. The summed E-state index contributed by atoms with van der Waals surface area (Å²) in [6, 6.07) is 0. The maximum absolute atomic E-state index is 4.61. The lowest BCUT2D eigenvalue weighted by molar-refractivity contribution is 0.472. The predicted molar refractivity (Wildman–Crippen MR) is 107 cm³/mol. The van der Waals surface area contributed by atoms with Crippen molar-refractivity contribution in [3.63, 3.8) is 0 Å². The van der Waals surface area contributed by atoms with E-state index in [9.17, 15) is 0 Å². The summed E-state index contributed by atoms with van der Waals surface area (Å²) in [4.78, 5) is 4.61. The molecular weight excluding hydrogens is 401 g/mol. The average Bonchev–Trinajstić information content (AvgIpc) is 3.16. The largest absolute Gasteiger partial charge is 0.357 e. The van der Waals surface area contributed by atoms with Crippen LogP contribution in [0.25, 0.3) is 0 Å². The number of nitrogens with zero attached hydrogens (tertiary/aromatic N) is 3. The smallest absolute Gasteiger partial charge is 0.191 e. The number of hydrogen-bond acceptors (Lipinski definition) is 2. The van der Waals surface area contributed by atoms with Crippen molar-refractivity contribution in [2.24, 2.45) is 18.0 Å². The van der Waals surface area contributed by atoms with Gasteiger partial charge in [0.2, 0.25) is 0 Å². The van der Waals surface area contributed by atoms with Gasteiger partial charge in [-0.25, -0.2) is 4.99 Å². The van der Waals surface area contributed by atoms with Crippen LogP contribution in [0.3, 0.4) is 0 Å². The normalized spacial score (nSPS) is 15.5. The maximum Gasteiger partial charge on any atom is 0.191 e. The van der Waals surface area contributed by atoms with Crippen molar-refractivity contribution in [3.8, 4) is 0 Å². The van der Waals surface area contributed by atoms with Crippen LogP contribution in [0.1, 0.15) is 57.4 Å². The fraction of sp³-hybridized carbons (Fsp3) is 0.765. The molecule has 2 N–H and O–H groups in total. The number of hydrogen-bond donors (Lipinski definition) is 2. The van der Waals surface area contributed by atoms with Gasteiger partial charge in [-0.2, -0.15) is 5.10 Å². The molecule has 0 bridgehead atoms. The molecule has 0 aromatic carbocycles. The Kier molecular flexibility index (Phi) is 10.3. The summed E-state index contributed by atoms with van der Waals surface area (Å²) in [7, 11) is 1.93. The average molecular weight is 433 g/mol. The Labute approximate surface area is 157 Å². The van der Waals surface area contributed by atoms with Crippen LogP contribution in [0.5, 0.6) is 0 Å². The summed E-state index contributed by atoms with van der Waals surface area (Å²) in [5, 5.41) is 10.9. The highest BCUT2D eigenvalue weighted by Crippen LogP contribution is 2.28. The van der Waals surface area contributed by atoms with Crippen molar-refractivity contribution in [2.75, 3.05) is 13.1 Å². The van der Waals surface area contributed by atoms with Crippen LogP contribution in [0.15, 0.2) is 17.4 Å². The second-order valence-corrected chi connectivity index (χ2v) is 6.29. The van der Waals surface area contributed by atoms with Crippen molar-refractivity contribution in [1.29, 1.82) is 0 Å². The zero-order chi connectivity index (χ0) is 15.6. The zero-order valence-corrected chi connectivity index (χ0v) is 16.9. The fourth-order valence-electron chi connectivity index (χ4n) is 3.13. The molecule has 1 fully saturated rings. The first kappa shape index (κ1) is 20.3. The number of nitrogens with one attached hydrogen (secondary N) is 2. The number of aliphatic imine (C=N–C) groups is 1. The minimum absolute atomic E-state index is 0. The van der Waals surface area contributed by atoms with E-state index in [1.807, 2.05) is 24.1 Å². The second-order valence-electron chi connectivity index (χ2n) is 6.29. The van der Waals surface area contributed by atoms with Crippen LogP contribution >= 0.6 is 24.0 Å². The van der Waals surface area contributed by atoms with Crippen LogP contribution in [0, 0.1) is 5.92 Å². The predicted octanol–water partition coefficient (Wildman–Crippen LogP) is 3.45. The summed E-state index contributed by atoms with van der Waals surface area (Å²) < 4.78 is 1.81. The third kappa shape index (κ3) is 8.04. The quantitative estimate of drug-likeness (QED) is 0.286. The van der Waals surface area contributed by atoms with E-state index in [1.54, 1.807) is 0 Å². The van der Waals surface area contributed by atoms with Gasteiger partial charge in [0, 0.05) is 31.9 Å². The summed E-state index contributed by atoms with van der Waals surface area (Å²) in [5.41, 5.74) is 1.14. The molecule has 0 radical (unpaired) electrons. The molecule has 132 valence electrons. The van der Waals surface area contributed by atoms with Crippen molar-refractivity contribution in [1.82, 2.24) is 20.4 Å². The van der Waals surface area contributed by atoms with Crippen LogP contribution in [-0.2, 0) is 13.6 Å². The second kappa shape index (κ2) is 11.7. The Morgan fingerprint density at radius 2 is 2.09 bits per heavy atom. The van der Waals surface area contributed by atoms with Gasteiger partial charge in [0.1, 0.15) is 0 Å². The minimum atomic E-state index is 0. The van der Waals surface area contributed by atoms with Crippen molar-refractivity contribution in [2.45, 2.75) is 58.4 Å². The molecule has 1 aliphatic carbocycles.